The molecule has 2 heterocycles. The number of aromatic amines is 1. The van der Waals surface area contributed by atoms with Crippen molar-refractivity contribution in [3.63, 3.8) is 0 Å². The molecule has 0 radical (unpaired) electrons. The molecule has 154 valence electrons. The summed E-state index contributed by atoms with van der Waals surface area (Å²) in [6.07, 6.45) is 1.66. The van der Waals surface area contributed by atoms with Crippen LogP contribution >= 0.6 is 11.6 Å². The number of rotatable bonds is 6. The molecular weight excluding hydrogens is 408 g/mol. The lowest BCUT2D eigenvalue weighted by atomic mass is 10.1. The Labute approximate surface area is 177 Å². The van der Waals surface area contributed by atoms with Gasteiger partial charge in [-0.2, -0.15) is 4.98 Å². The van der Waals surface area contributed by atoms with E-state index in [1.807, 2.05) is 41.0 Å². The highest BCUT2D eigenvalue weighted by Crippen LogP contribution is 2.41. The molecule has 2 aliphatic rings. The van der Waals surface area contributed by atoms with Gasteiger partial charge in [-0.05, 0) is 23.8 Å². The molecule has 0 spiro atoms. The number of H-pyrrole nitrogens is 1. The number of hydrogen-bond donors (Lipinski definition) is 1. The summed E-state index contributed by atoms with van der Waals surface area (Å²) in [5.74, 6) is 2.30. The number of aromatic nitrogens is 4. The van der Waals surface area contributed by atoms with E-state index in [4.69, 9.17) is 25.8 Å². The van der Waals surface area contributed by atoms with Gasteiger partial charge in [0, 0.05) is 10.6 Å². The summed E-state index contributed by atoms with van der Waals surface area (Å²) in [5.41, 5.74) is 1.86. The van der Waals surface area contributed by atoms with Crippen LogP contribution in [0, 0.1) is 0 Å². The quantitative estimate of drug-likeness (QED) is 0.507. The van der Waals surface area contributed by atoms with Crippen molar-refractivity contribution in [2.45, 2.75) is 6.54 Å². The van der Waals surface area contributed by atoms with Gasteiger partial charge in [-0.3, -0.25) is 4.98 Å². The maximum atomic E-state index is 11.9. The zero-order valence-electron chi connectivity index (χ0n) is 16.6. The van der Waals surface area contributed by atoms with Gasteiger partial charge >= 0.3 is 5.69 Å². The van der Waals surface area contributed by atoms with Crippen molar-refractivity contribution in [1.82, 2.24) is 19.5 Å². The Morgan fingerprint density at radius 1 is 1.07 bits per heavy atom. The molecule has 8 nitrogen and oxygen atoms in total. The van der Waals surface area contributed by atoms with Gasteiger partial charge in [0.15, 0.2) is 23.1 Å². The molecule has 9 heteroatoms. The molecule has 4 rings (SSSR count). The van der Waals surface area contributed by atoms with Crippen molar-refractivity contribution in [3.05, 3.63) is 63.7 Å². The lowest BCUT2D eigenvalue weighted by molar-refractivity contribution is 0.324. The minimum atomic E-state index is -0.465. The molecule has 30 heavy (non-hydrogen) atoms. The summed E-state index contributed by atoms with van der Waals surface area (Å²) in [6, 6.07) is 11.1. The molecule has 2 aromatic carbocycles. The average molecular weight is 427 g/mol. The third kappa shape index (κ3) is 3.46. The van der Waals surface area contributed by atoms with Gasteiger partial charge < -0.3 is 18.8 Å². The Morgan fingerprint density at radius 3 is 2.40 bits per heavy atom. The normalized spacial score (nSPS) is 10.9. The van der Waals surface area contributed by atoms with Crippen LogP contribution in [0.3, 0.4) is 0 Å². The zero-order valence-corrected chi connectivity index (χ0v) is 17.4. The lowest BCUT2D eigenvalue weighted by Gasteiger charge is -2.19. The smallest absolute Gasteiger partial charge is 0.348 e. The Morgan fingerprint density at radius 2 is 1.77 bits per heavy atom. The van der Waals surface area contributed by atoms with Crippen molar-refractivity contribution in [2.75, 3.05) is 21.3 Å². The van der Waals surface area contributed by atoms with Crippen molar-refractivity contribution in [3.8, 4) is 40.2 Å². The monoisotopic (exact) mass is 426 g/mol. The Bertz CT molecular complexity index is 1210. The van der Waals surface area contributed by atoms with E-state index in [0.29, 0.717) is 46.2 Å². The van der Waals surface area contributed by atoms with Gasteiger partial charge in [-0.25, -0.2) is 9.78 Å². The first-order valence-electron chi connectivity index (χ1n) is 9.05. The minimum absolute atomic E-state index is 0.384. The largest absolute Gasteiger partial charge is 0.493 e. The second kappa shape index (κ2) is 8.08. The van der Waals surface area contributed by atoms with Crippen LogP contribution in [0.2, 0.25) is 5.02 Å². The predicted octanol–water partition coefficient (Wildman–Crippen LogP) is 3.47. The molecule has 0 aliphatic carbocycles. The van der Waals surface area contributed by atoms with Crippen LogP contribution in [-0.4, -0.2) is 40.8 Å². The first-order valence-corrected chi connectivity index (χ1v) is 9.42. The number of methoxy groups -OCH3 is 3. The fraction of sp³-hybridized carbons (Fsp3) is 0.190. The second-order valence-electron chi connectivity index (χ2n) is 6.45. The van der Waals surface area contributed by atoms with Crippen LogP contribution < -0.4 is 19.9 Å². The van der Waals surface area contributed by atoms with Gasteiger partial charge in [0.1, 0.15) is 0 Å². The number of fused-ring (bicyclic) bond motifs is 1. The van der Waals surface area contributed by atoms with Gasteiger partial charge in [0.25, 0.3) is 0 Å². The second-order valence-corrected chi connectivity index (χ2v) is 6.86. The van der Waals surface area contributed by atoms with E-state index in [9.17, 15) is 4.79 Å². The average Bonchev–Trinajstić information content (AvgIpc) is 3.15. The first kappa shape index (κ1) is 19.8. The predicted molar refractivity (Wildman–Crippen MR) is 113 cm³/mol. The Kier molecular flexibility index (Phi) is 5.33. The Balaban J connectivity index is 1.97. The van der Waals surface area contributed by atoms with Crippen LogP contribution in [-0.2, 0) is 6.54 Å². The van der Waals surface area contributed by atoms with E-state index in [-0.39, 0.29) is 0 Å². The molecule has 0 atom stereocenters. The molecule has 0 aromatic heterocycles. The number of ether oxygens (including phenoxy) is 3. The van der Waals surface area contributed by atoms with Gasteiger partial charge in [-0.15, -0.1) is 0 Å². The van der Waals surface area contributed by atoms with Crippen LogP contribution in [0.5, 0.6) is 17.2 Å². The summed E-state index contributed by atoms with van der Waals surface area (Å²) < 4.78 is 18.3. The number of nitrogens with one attached hydrogen (secondary N) is 1. The van der Waals surface area contributed by atoms with Crippen LogP contribution in [0.15, 0.2) is 47.4 Å². The first-order chi connectivity index (χ1) is 14.5. The fourth-order valence-electron chi connectivity index (χ4n) is 3.34. The summed E-state index contributed by atoms with van der Waals surface area (Å²) in [5, 5.41) is 0.615. The third-order valence-corrected chi connectivity index (χ3v) is 5.12. The van der Waals surface area contributed by atoms with E-state index < -0.39 is 5.69 Å². The molecule has 1 N–H and O–H groups in total. The fourth-order valence-corrected chi connectivity index (χ4v) is 3.53. The molecule has 0 fully saturated rings. The molecule has 0 unspecified atom stereocenters. The maximum absolute atomic E-state index is 11.9. The SMILES string of the molecule is COc1cc(-c2cnc3[nH]c(=O)nc-3n2Cc2ccccc2Cl)cc(OC)c1OC. The minimum Gasteiger partial charge on any atom is -0.493 e. The van der Waals surface area contributed by atoms with E-state index in [1.54, 1.807) is 27.5 Å². The topological polar surface area (TPSA) is 91.3 Å². The van der Waals surface area contributed by atoms with E-state index in [2.05, 4.69) is 15.0 Å². The molecular formula is C21H19ClN4O4. The third-order valence-electron chi connectivity index (χ3n) is 4.75. The standard InChI is InChI=1S/C21H19ClN4O4/c1-28-16-8-13(9-17(29-2)18(16)30-3)15-10-23-19-20(25-21(27)24-19)26(15)11-12-6-4-5-7-14(12)22/h4-10H,11H2,1-3H3,(H,23,24,27). The summed E-state index contributed by atoms with van der Waals surface area (Å²) in [7, 11) is 4.65. The van der Waals surface area contributed by atoms with Crippen molar-refractivity contribution >= 4 is 11.6 Å². The number of benzene rings is 2. The molecule has 0 saturated carbocycles. The van der Waals surface area contributed by atoms with Crippen LogP contribution in [0.4, 0.5) is 0 Å². The number of hydrogen-bond acceptors (Lipinski definition) is 6. The van der Waals surface area contributed by atoms with Gasteiger partial charge in [0.2, 0.25) is 5.75 Å². The summed E-state index contributed by atoms with van der Waals surface area (Å²) in [6.45, 7) is 0.384. The molecule has 0 amide bonds. The lowest BCUT2D eigenvalue weighted by Crippen LogP contribution is -2.11. The maximum Gasteiger partial charge on any atom is 0.348 e. The highest BCUT2D eigenvalue weighted by molar-refractivity contribution is 6.31. The number of nitrogens with zero attached hydrogens (tertiary/aromatic N) is 3. The molecule has 2 aliphatic heterocycles. The molecule has 2 aromatic rings. The molecule has 0 saturated heterocycles. The van der Waals surface area contributed by atoms with Crippen molar-refractivity contribution in [1.29, 1.82) is 0 Å². The highest BCUT2D eigenvalue weighted by Gasteiger charge is 2.21. The van der Waals surface area contributed by atoms with E-state index in [1.165, 1.54) is 0 Å². The zero-order chi connectivity index (χ0) is 21.3. The van der Waals surface area contributed by atoms with E-state index in [0.717, 1.165) is 11.1 Å². The van der Waals surface area contributed by atoms with Crippen LogP contribution in [0.1, 0.15) is 5.56 Å². The number of halogens is 1. The summed E-state index contributed by atoms with van der Waals surface area (Å²) >= 11 is 6.39. The van der Waals surface area contributed by atoms with E-state index >= 15 is 0 Å². The highest BCUT2D eigenvalue weighted by atomic mass is 35.5. The summed E-state index contributed by atoms with van der Waals surface area (Å²) in [4.78, 5) is 23.0. The van der Waals surface area contributed by atoms with Crippen LogP contribution in [0.25, 0.3) is 22.9 Å². The Hall–Kier alpha value is -3.52. The van der Waals surface area contributed by atoms with Crippen molar-refractivity contribution in [2.24, 2.45) is 0 Å². The van der Waals surface area contributed by atoms with Gasteiger partial charge in [-0.1, -0.05) is 29.8 Å². The molecule has 0 bridgehead atoms. The van der Waals surface area contributed by atoms with Crippen molar-refractivity contribution < 1.29 is 14.2 Å². The van der Waals surface area contributed by atoms with Gasteiger partial charge in [0.05, 0.1) is 39.8 Å². The number of imidazole rings is 1.